The van der Waals surface area contributed by atoms with Crippen molar-refractivity contribution in [3.05, 3.63) is 59.2 Å². The molecule has 0 aliphatic carbocycles. The molecule has 10 heteroatoms. The molecule has 176 valence electrons. The summed E-state index contributed by atoms with van der Waals surface area (Å²) in [5, 5.41) is 9.50. The summed E-state index contributed by atoms with van der Waals surface area (Å²) in [4.78, 5) is 11.7. The minimum absolute atomic E-state index is 0.000733. The molecule has 0 fully saturated rings. The van der Waals surface area contributed by atoms with E-state index in [-0.39, 0.29) is 33.9 Å². The minimum atomic E-state index is -3.79. The fourth-order valence-corrected chi connectivity index (χ4v) is 5.97. The van der Waals surface area contributed by atoms with Crippen molar-refractivity contribution in [2.24, 2.45) is 0 Å². The number of hydrogen-bond acceptors (Lipinski definition) is 5. The molecule has 0 aromatic heterocycles. The van der Waals surface area contributed by atoms with Crippen LogP contribution in [-0.2, 0) is 26.5 Å². The Morgan fingerprint density at radius 3 is 2.03 bits per heavy atom. The normalized spacial score (nSPS) is 12.2. The number of benzene rings is 2. The van der Waals surface area contributed by atoms with E-state index in [0.29, 0.717) is 25.9 Å². The molecule has 8 nitrogen and oxygen atoms in total. The smallest absolute Gasteiger partial charge is 0.335 e. The lowest BCUT2D eigenvalue weighted by Crippen LogP contribution is -2.32. The minimum Gasteiger partial charge on any atom is -0.478 e. The van der Waals surface area contributed by atoms with Crippen molar-refractivity contribution in [3.63, 3.8) is 0 Å². The van der Waals surface area contributed by atoms with Crippen LogP contribution in [-0.4, -0.2) is 51.9 Å². The topological polar surface area (TPSA) is 121 Å². The number of carboxylic acids is 1. The Labute approximate surface area is 190 Å². The maximum absolute atomic E-state index is 13.1. The molecule has 0 bridgehead atoms. The zero-order chi connectivity index (χ0) is 23.9. The van der Waals surface area contributed by atoms with Crippen LogP contribution in [0, 0.1) is 6.92 Å². The highest BCUT2D eigenvalue weighted by molar-refractivity contribution is 7.89. The van der Waals surface area contributed by atoms with Crippen LogP contribution in [0.1, 0.15) is 48.2 Å². The van der Waals surface area contributed by atoms with Crippen LogP contribution in [0.5, 0.6) is 0 Å². The predicted octanol–water partition coefficient (Wildman–Crippen LogP) is 3.02. The summed E-state index contributed by atoms with van der Waals surface area (Å²) in [6.45, 7) is 6.27. The fourth-order valence-electron chi connectivity index (χ4n) is 3.27. The highest BCUT2D eigenvalue weighted by Gasteiger charge is 2.25. The first-order valence-electron chi connectivity index (χ1n) is 10.5. The first kappa shape index (κ1) is 26.0. The lowest BCUT2D eigenvalue weighted by Gasteiger charge is -2.21. The molecule has 2 aromatic carbocycles. The molecule has 2 rings (SSSR count). The average molecular weight is 483 g/mol. The Morgan fingerprint density at radius 2 is 1.50 bits per heavy atom. The molecule has 0 radical (unpaired) electrons. The Kier molecular flexibility index (Phi) is 8.97. The van der Waals surface area contributed by atoms with E-state index in [1.54, 1.807) is 12.1 Å². The van der Waals surface area contributed by atoms with Gasteiger partial charge in [-0.1, -0.05) is 31.5 Å². The SMILES string of the molecule is CCCN(CCC)S(=O)(=O)c1ccc(C(=O)O)c(CCNS(=O)(=O)c2ccc(C)cc2)c1. The molecule has 0 amide bonds. The van der Waals surface area contributed by atoms with Gasteiger partial charge in [-0.15, -0.1) is 0 Å². The van der Waals surface area contributed by atoms with Crippen LogP contribution >= 0.6 is 0 Å². The van der Waals surface area contributed by atoms with Crippen LogP contribution in [0.15, 0.2) is 52.3 Å². The lowest BCUT2D eigenvalue weighted by atomic mass is 10.0. The van der Waals surface area contributed by atoms with Gasteiger partial charge >= 0.3 is 5.97 Å². The van der Waals surface area contributed by atoms with Crippen molar-refractivity contribution in [2.45, 2.75) is 49.8 Å². The van der Waals surface area contributed by atoms with Gasteiger partial charge in [-0.3, -0.25) is 0 Å². The van der Waals surface area contributed by atoms with Gasteiger partial charge in [0, 0.05) is 19.6 Å². The maximum Gasteiger partial charge on any atom is 0.335 e. The lowest BCUT2D eigenvalue weighted by molar-refractivity contribution is 0.0695. The number of rotatable bonds is 12. The molecule has 0 unspecified atom stereocenters. The van der Waals surface area contributed by atoms with Crippen LogP contribution in [0.25, 0.3) is 0 Å². The Morgan fingerprint density at radius 1 is 0.938 bits per heavy atom. The first-order valence-corrected chi connectivity index (χ1v) is 13.4. The number of aromatic carboxylic acids is 1. The summed E-state index contributed by atoms with van der Waals surface area (Å²) >= 11 is 0. The van der Waals surface area contributed by atoms with Gasteiger partial charge < -0.3 is 5.11 Å². The largest absolute Gasteiger partial charge is 0.478 e. The number of nitrogens with zero attached hydrogens (tertiary/aromatic N) is 1. The van der Waals surface area contributed by atoms with E-state index < -0.39 is 26.0 Å². The van der Waals surface area contributed by atoms with Gasteiger partial charge in [-0.25, -0.2) is 26.4 Å². The molecule has 2 aromatic rings. The van der Waals surface area contributed by atoms with Gasteiger partial charge in [0.1, 0.15) is 0 Å². The van der Waals surface area contributed by atoms with Gasteiger partial charge in [0.05, 0.1) is 15.4 Å². The van der Waals surface area contributed by atoms with Crippen molar-refractivity contribution in [1.29, 1.82) is 0 Å². The van der Waals surface area contributed by atoms with Gasteiger partial charge in [-0.2, -0.15) is 4.31 Å². The van der Waals surface area contributed by atoms with Crippen molar-refractivity contribution in [2.75, 3.05) is 19.6 Å². The standard InChI is InChI=1S/C22H30N2O6S2/c1-4-14-24(15-5-2)32(29,30)20-10-11-21(22(25)26)18(16-20)12-13-23-31(27,28)19-8-6-17(3)7-9-19/h6-11,16,23H,4-5,12-15H2,1-3H3,(H,25,26). The third kappa shape index (κ3) is 6.38. The van der Waals surface area contributed by atoms with Crippen molar-refractivity contribution >= 4 is 26.0 Å². The molecule has 32 heavy (non-hydrogen) atoms. The molecule has 0 aliphatic rings. The molecular weight excluding hydrogens is 452 g/mol. The van der Waals surface area contributed by atoms with E-state index in [1.807, 2.05) is 20.8 Å². The number of aryl methyl sites for hydroxylation is 1. The van der Waals surface area contributed by atoms with Gasteiger partial charge in [0.15, 0.2) is 0 Å². The highest BCUT2D eigenvalue weighted by atomic mass is 32.2. The zero-order valence-corrected chi connectivity index (χ0v) is 20.2. The maximum atomic E-state index is 13.1. The van der Waals surface area contributed by atoms with Crippen molar-refractivity contribution in [3.8, 4) is 0 Å². The number of hydrogen-bond donors (Lipinski definition) is 2. The van der Waals surface area contributed by atoms with Gasteiger partial charge in [-0.05, 0) is 62.1 Å². The zero-order valence-electron chi connectivity index (χ0n) is 18.5. The summed E-state index contributed by atoms with van der Waals surface area (Å²) in [7, 11) is -7.56. The first-order chi connectivity index (χ1) is 15.0. The van der Waals surface area contributed by atoms with E-state index in [1.165, 1.54) is 34.6 Å². The van der Waals surface area contributed by atoms with E-state index >= 15 is 0 Å². The number of carboxylic acid groups (broad SMARTS) is 1. The van der Waals surface area contributed by atoms with Crippen LogP contribution in [0.2, 0.25) is 0 Å². The van der Waals surface area contributed by atoms with E-state index in [2.05, 4.69) is 4.72 Å². The summed E-state index contributed by atoms with van der Waals surface area (Å²) < 4.78 is 54.9. The predicted molar refractivity (Wildman–Crippen MR) is 123 cm³/mol. The van der Waals surface area contributed by atoms with Crippen molar-refractivity contribution < 1.29 is 26.7 Å². The third-order valence-corrected chi connectivity index (χ3v) is 8.28. The van der Waals surface area contributed by atoms with Gasteiger partial charge in [0.2, 0.25) is 20.0 Å². The Hall–Kier alpha value is -2.27. The molecule has 0 saturated carbocycles. The quantitative estimate of drug-likeness (QED) is 0.480. The second-order valence-corrected chi connectivity index (χ2v) is 11.2. The number of carbonyl (C=O) groups is 1. The Balaban J connectivity index is 2.28. The second kappa shape index (κ2) is 11.0. The van der Waals surface area contributed by atoms with Gasteiger partial charge in [0.25, 0.3) is 0 Å². The molecule has 0 heterocycles. The Bertz CT molecular complexity index is 1140. The van der Waals surface area contributed by atoms with E-state index in [4.69, 9.17) is 0 Å². The van der Waals surface area contributed by atoms with Crippen molar-refractivity contribution in [1.82, 2.24) is 9.03 Å². The van der Waals surface area contributed by atoms with Crippen LogP contribution in [0.4, 0.5) is 0 Å². The monoisotopic (exact) mass is 482 g/mol. The van der Waals surface area contributed by atoms with Crippen LogP contribution < -0.4 is 4.72 Å². The molecule has 0 atom stereocenters. The second-order valence-electron chi connectivity index (χ2n) is 7.49. The molecular formula is C22H30N2O6S2. The number of sulfonamides is 2. The van der Waals surface area contributed by atoms with E-state index in [9.17, 15) is 26.7 Å². The summed E-state index contributed by atoms with van der Waals surface area (Å²) in [5.41, 5.74) is 1.11. The molecule has 0 aliphatic heterocycles. The summed E-state index contributed by atoms with van der Waals surface area (Å²) in [5.74, 6) is -1.20. The highest BCUT2D eigenvalue weighted by Crippen LogP contribution is 2.21. The summed E-state index contributed by atoms with van der Waals surface area (Å²) in [6.07, 6.45) is 1.33. The summed E-state index contributed by atoms with van der Waals surface area (Å²) in [6, 6.07) is 10.2. The molecule has 0 saturated heterocycles. The number of nitrogens with one attached hydrogen (secondary N) is 1. The molecule has 0 spiro atoms. The molecule has 2 N–H and O–H groups in total. The van der Waals surface area contributed by atoms with E-state index in [0.717, 1.165) is 5.56 Å². The third-order valence-electron chi connectivity index (χ3n) is 4.91. The fraction of sp³-hybridized carbons (Fsp3) is 0.409. The van der Waals surface area contributed by atoms with Crippen LogP contribution in [0.3, 0.4) is 0 Å². The average Bonchev–Trinajstić information content (AvgIpc) is 2.73.